The molecule has 0 radical (unpaired) electrons. The molecule has 2 aromatic rings. The van der Waals surface area contributed by atoms with Gasteiger partial charge in [0.15, 0.2) is 0 Å². The van der Waals surface area contributed by atoms with Crippen LogP contribution >= 0.6 is 0 Å². The van der Waals surface area contributed by atoms with Gasteiger partial charge in [-0.15, -0.1) is 0 Å². The van der Waals surface area contributed by atoms with Crippen molar-refractivity contribution in [3.63, 3.8) is 0 Å². The molecule has 4 heteroatoms. The minimum atomic E-state index is -0.471. The Kier molecular flexibility index (Phi) is 3.06. The van der Waals surface area contributed by atoms with Crippen LogP contribution in [0.4, 0.5) is 17.1 Å². The summed E-state index contributed by atoms with van der Waals surface area (Å²) in [6, 6.07) is 11.4. The maximum Gasteiger partial charge on any atom is 0.248 e. The van der Waals surface area contributed by atoms with Crippen molar-refractivity contribution in [1.29, 1.82) is 0 Å². The van der Waals surface area contributed by atoms with Crippen LogP contribution in [0.1, 0.15) is 27.9 Å². The summed E-state index contributed by atoms with van der Waals surface area (Å²) in [6.07, 6.45) is 3.54. The van der Waals surface area contributed by atoms with E-state index in [1.807, 2.05) is 0 Å². The van der Waals surface area contributed by atoms with Crippen molar-refractivity contribution < 1.29 is 4.79 Å². The summed E-state index contributed by atoms with van der Waals surface area (Å²) < 4.78 is 0. The second kappa shape index (κ2) is 4.89. The van der Waals surface area contributed by atoms with Gasteiger partial charge in [-0.1, -0.05) is 6.07 Å². The van der Waals surface area contributed by atoms with Crippen molar-refractivity contribution >= 4 is 23.0 Å². The molecule has 1 amide bonds. The molecule has 0 aliphatic heterocycles. The summed E-state index contributed by atoms with van der Waals surface area (Å²) in [7, 11) is 0. The van der Waals surface area contributed by atoms with Gasteiger partial charge >= 0.3 is 0 Å². The third-order valence-corrected chi connectivity index (χ3v) is 3.71. The summed E-state index contributed by atoms with van der Waals surface area (Å²) in [5.74, 6) is -0.471. The van der Waals surface area contributed by atoms with Crippen LogP contribution < -0.4 is 16.8 Å². The minimum absolute atomic E-state index is 0.419. The molecule has 5 N–H and O–H groups in total. The average Bonchev–Trinajstić information content (AvgIpc) is 2.88. The van der Waals surface area contributed by atoms with Gasteiger partial charge in [-0.3, -0.25) is 4.79 Å². The standard InChI is InChI=1S/C16H17N3O/c17-14-9-12(16(18)20)5-7-15(14)19-13-6-4-10-2-1-3-11(10)8-13/h4-9,19H,1-3,17H2,(H2,18,20). The molecule has 1 aliphatic carbocycles. The lowest BCUT2D eigenvalue weighted by Crippen LogP contribution is -2.11. The van der Waals surface area contributed by atoms with E-state index in [0.717, 1.165) is 17.8 Å². The van der Waals surface area contributed by atoms with Crippen LogP contribution in [-0.2, 0) is 12.8 Å². The highest BCUT2D eigenvalue weighted by Crippen LogP contribution is 2.28. The van der Waals surface area contributed by atoms with E-state index in [4.69, 9.17) is 11.5 Å². The molecule has 0 atom stereocenters. The number of amides is 1. The molecular weight excluding hydrogens is 250 g/mol. The number of carbonyl (C=O) groups excluding carboxylic acids is 1. The highest BCUT2D eigenvalue weighted by molar-refractivity contribution is 5.95. The molecule has 0 unspecified atom stereocenters. The Morgan fingerprint density at radius 1 is 1.05 bits per heavy atom. The zero-order valence-corrected chi connectivity index (χ0v) is 11.1. The molecule has 0 aromatic heterocycles. The Labute approximate surface area is 117 Å². The number of hydrogen-bond donors (Lipinski definition) is 3. The lowest BCUT2D eigenvalue weighted by molar-refractivity contribution is 0.100. The third kappa shape index (κ3) is 2.32. The second-order valence-electron chi connectivity index (χ2n) is 5.13. The molecule has 0 fully saturated rings. The fourth-order valence-corrected chi connectivity index (χ4v) is 2.63. The van der Waals surface area contributed by atoms with Gasteiger partial charge < -0.3 is 16.8 Å². The lowest BCUT2D eigenvalue weighted by Gasteiger charge is -2.11. The zero-order valence-electron chi connectivity index (χ0n) is 11.1. The first-order chi connectivity index (χ1) is 9.63. The fraction of sp³-hybridized carbons (Fsp3) is 0.188. The Morgan fingerprint density at radius 2 is 1.85 bits per heavy atom. The topological polar surface area (TPSA) is 81.1 Å². The van der Waals surface area contributed by atoms with Crippen LogP contribution in [0, 0.1) is 0 Å². The summed E-state index contributed by atoms with van der Waals surface area (Å²) >= 11 is 0. The van der Waals surface area contributed by atoms with Gasteiger partial charge in [-0.25, -0.2) is 0 Å². The quantitative estimate of drug-likeness (QED) is 0.748. The van der Waals surface area contributed by atoms with Crippen molar-refractivity contribution in [3.8, 4) is 0 Å². The number of nitrogen functional groups attached to an aromatic ring is 1. The van der Waals surface area contributed by atoms with Crippen LogP contribution in [-0.4, -0.2) is 5.91 Å². The molecular formula is C16H17N3O. The highest BCUT2D eigenvalue weighted by Gasteiger charge is 2.11. The molecule has 20 heavy (non-hydrogen) atoms. The van der Waals surface area contributed by atoms with Gasteiger partial charge in [-0.05, 0) is 60.7 Å². The summed E-state index contributed by atoms with van der Waals surface area (Å²) in [5.41, 5.74) is 16.8. The molecule has 0 bridgehead atoms. The predicted octanol–water partition coefficient (Wildman–Crippen LogP) is 2.60. The van der Waals surface area contributed by atoms with E-state index in [1.165, 1.54) is 24.0 Å². The number of nitrogens with two attached hydrogens (primary N) is 2. The second-order valence-corrected chi connectivity index (χ2v) is 5.13. The van der Waals surface area contributed by atoms with Gasteiger partial charge in [0.05, 0.1) is 11.4 Å². The number of hydrogen-bond acceptors (Lipinski definition) is 3. The Bertz CT molecular complexity index is 679. The van der Waals surface area contributed by atoms with Crippen molar-refractivity contribution in [1.82, 2.24) is 0 Å². The van der Waals surface area contributed by atoms with Crippen LogP contribution in [0.3, 0.4) is 0 Å². The maximum absolute atomic E-state index is 11.1. The third-order valence-electron chi connectivity index (χ3n) is 3.71. The number of carbonyl (C=O) groups is 1. The largest absolute Gasteiger partial charge is 0.397 e. The molecule has 4 nitrogen and oxygen atoms in total. The maximum atomic E-state index is 11.1. The molecule has 2 aromatic carbocycles. The smallest absolute Gasteiger partial charge is 0.248 e. The normalized spacial score (nSPS) is 13.0. The molecule has 0 saturated carbocycles. The number of fused-ring (bicyclic) bond motifs is 1. The van der Waals surface area contributed by atoms with Crippen molar-refractivity contribution in [2.24, 2.45) is 5.73 Å². The van der Waals surface area contributed by atoms with Crippen LogP contribution in [0.25, 0.3) is 0 Å². The number of benzene rings is 2. The van der Waals surface area contributed by atoms with E-state index < -0.39 is 5.91 Å². The first kappa shape index (κ1) is 12.5. The van der Waals surface area contributed by atoms with Crippen molar-refractivity contribution in [3.05, 3.63) is 53.1 Å². The van der Waals surface area contributed by atoms with E-state index in [2.05, 4.69) is 23.5 Å². The minimum Gasteiger partial charge on any atom is -0.397 e. The van der Waals surface area contributed by atoms with Gasteiger partial charge in [0.1, 0.15) is 0 Å². The number of aryl methyl sites for hydroxylation is 2. The molecule has 0 heterocycles. The summed E-state index contributed by atoms with van der Waals surface area (Å²) in [4.78, 5) is 11.1. The average molecular weight is 267 g/mol. The Balaban J connectivity index is 1.86. The lowest BCUT2D eigenvalue weighted by atomic mass is 10.1. The van der Waals surface area contributed by atoms with Gasteiger partial charge in [0.2, 0.25) is 5.91 Å². The zero-order chi connectivity index (χ0) is 14.1. The number of anilines is 3. The summed E-state index contributed by atoms with van der Waals surface area (Å²) in [6.45, 7) is 0. The number of rotatable bonds is 3. The van der Waals surface area contributed by atoms with E-state index >= 15 is 0 Å². The molecule has 0 spiro atoms. The van der Waals surface area contributed by atoms with E-state index in [9.17, 15) is 4.79 Å². The van der Waals surface area contributed by atoms with Crippen LogP contribution in [0.15, 0.2) is 36.4 Å². The number of primary amides is 1. The van der Waals surface area contributed by atoms with E-state index in [0.29, 0.717) is 11.3 Å². The van der Waals surface area contributed by atoms with Crippen molar-refractivity contribution in [2.45, 2.75) is 19.3 Å². The Hall–Kier alpha value is -2.49. The first-order valence-corrected chi connectivity index (χ1v) is 6.71. The fourth-order valence-electron chi connectivity index (χ4n) is 2.63. The molecule has 0 saturated heterocycles. The van der Waals surface area contributed by atoms with E-state index in [-0.39, 0.29) is 0 Å². The van der Waals surface area contributed by atoms with Gasteiger partial charge in [0, 0.05) is 11.3 Å². The van der Waals surface area contributed by atoms with Gasteiger partial charge in [-0.2, -0.15) is 0 Å². The first-order valence-electron chi connectivity index (χ1n) is 6.71. The van der Waals surface area contributed by atoms with Crippen LogP contribution in [0.2, 0.25) is 0 Å². The van der Waals surface area contributed by atoms with Crippen LogP contribution in [0.5, 0.6) is 0 Å². The monoisotopic (exact) mass is 267 g/mol. The molecule has 3 rings (SSSR count). The predicted molar refractivity (Wildman–Crippen MR) is 81.1 cm³/mol. The molecule has 1 aliphatic rings. The van der Waals surface area contributed by atoms with E-state index in [1.54, 1.807) is 18.2 Å². The van der Waals surface area contributed by atoms with Gasteiger partial charge in [0.25, 0.3) is 0 Å². The summed E-state index contributed by atoms with van der Waals surface area (Å²) in [5, 5.41) is 3.29. The number of nitrogens with one attached hydrogen (secondary N) is 1. The SMILES string of the molecule is NC(=O)c1ccc(Nc2ccc3c(c2)CCC3)c(N)c1. The molecule has 102 valence electrons. The Morgan fingerprint density at radius 3 is 2.60 bits per heavy atom. The highest BCUT2D eigenvalue weighted by atomic mass is 16.1. The van der Waals surface area contributed by atoms with Crippen molar-refractivity contribution in [2.75, 3.05) is 11.1 Å².